The maximum Gasteiger partial charge on any atom is 0.305 e. The summed E-state index contributed by atoms with van der Waals surface area (Å²) in [5, 5.41) is 2.89. The Labute approximate surface area is 233 Å². The molecule has 40 heavy (non-hydrogen) atoms. The molecule has 1 amide bonds. The molecule has 0 atom stereocenters. The summed E-state index contributed by atoms with van der Waals surface area (Å²) in [5.41, 5.74) is 6.14. The van der Waals surface area contributed by atoms with Crippen LogP contribution >= 0.6 is 0 Å². The fourth-order valence-corrected chi connectivity index (χ4v) is 4.67. The van der Waals surface area contributed by atoms with Crippen LogP contribution in [0.2, 0.25) is 0 Å². The number of pyridine rings is 1. The van der Waals surface area contributed by atoms with Crippen LogP contribution in [0.3, 0.4) is 0 Å². The maximum atomic E-state index is 12.9. The first-order valence-corrected chi connectivity index (χ1v) is 13.3. The summed E-state index contributed by atoms with van der Waals surface area (Å²) in [5.74, 6) is 0.640. The molecule has 2 heterocycles. The van der Waals surface area contributed by atoms with Crippen LogP contribution in [0.1, 0.15) is 40.7 Å². The van der Waals surface area contributed by atoms with Gasteiger partial charge in [0, 0.05) is 36.8 Å². The zero-order valence-electron chi connectivity index (χ0n) is 22.3. The van der Waals surface area contributed by atoms with Crippen molar-refractivity contribution in [1.82, 2.24) is 4.98 Å². The van der Waals surface area contributed by atoms with Crippen LogP contribution in [0.4, 0.5) is 5.82 Å². The van der Waals surface area contributed by atoms with E-state index < -0.39 is 0 Å². The van der Waals surface area contributed by atoms with E-state index in [2.05, 4.69) is 10.3 Å². The van der Waals surface area contributed by atoms with E-state index in [1.54, 1.807) is 6.07 Å². The highest BCUT2D eigenvalue weighted by Gasteiger charge is 2.17. The predicted molar refractivity (Wildman–Crippen MR) is 153 cm³/mol. The second kappa shape index (κ2) is 12.4. The molecule has 5 rings (SSSR count). The Bertz CT molecular complexity index is 1530. The van der Waals surface area contributed by atoms with E-state index in [9.17, 15) is 14.4 Å². The largest absolute Gasteiger partial charge is 0.493 e. The molecule has 1 N–H and O–H groups in total. The van der Waals surface area contributed by atoms with E-state index in [0.29, 0.717) is 30.8 Å². The number of nitrogens with one attached hydrogen (secondary N) is 1. The van der Waals surface area contributed by atoms with Gasteiger partial charge in [0.2, 0.25) is 5.91 Å². The third-order valence-electron chi connectivity index (χ3n) is 6.89. The second-order valence-electron chi connectivity index (χ2n) is 9.66. The van der Waals surface area contributed by atoms with Crippen molar-refractivity contribution in [2.45, 2.75) is 32.1 Å². The smallest absolute Gasteiger partial charge is 0.305 e. The van der Waals surface area contributed by atoms with Crippen LogP contribution in [-0.2, 0) is 27.2 Å². The van der Waals surface area contributed by atoms with Gasteiger partial charge in [-0.15, -0.1) is 0 Å². The normalized spacial score (nSPS) is 11.8. The van der Waals surface area contributed by atoms with Crippen molar-refractivity contribution >= 4 is 23.5 Å². The zero-order chi connectivity index (χ0) is 27.9. The van der Waals surface area contributed by atoms with Crippen molar-refractivity contribution in [3.05, 3.63) is 102 Å². The van der Waals surface area contributed by atoms with Crippen LogP contribution in [0.5, 0.6) is 5.75 Å². The zero-order valence-corrected chi connectivity index (χ0v) is 22.3. The number of ketones is 1. The third kappa shape index (κ3) is 6.61. The van der Waals surface area contributed by atoms with Crippen molar-refractivity contribution < 1.29 is 23.9 Å². The molecule has 0 spiro atoms. The minimum absolute atomic E-state index is 0.0495. The number of methoxy groups -OCH3 is 1. The Morgan fingerprint density at radius 1 is 0.850 bits per heavy atom. The number of carbonyl (C=O) groups excluding carboxylic acids is 3. The van der Waals surface area contributed by atoms with Gasteiger partial charge < -0.3 is 14.8 Å². The number of aryl methyl sites for hydroxylation is 1. The van der Waals surface area contributed by atoms with Crippen molar-refractivity contribution in [2.75, 3.05) is 19.0 Å². The molecule has 1 aromatic heterocycles. The molecule has 0 aliphatic carbocycles. The summed E-state index contributed by atoms with van der Waals surface area (Å²) in [6, 6.07) is 26.9. The van der Waals surface area contributed by atoms with E-state index in [1.165, 1.54) is 7.11 Å². The van der Waals surface area contributed by atoms with Crippen LogP contribution in [-0.4, -0.2) is 36.4 Å². The van der Waals surface area contributed by atoms with Crippen LogP contribution in [0.15, 0.2) is 84.9 Å². The van der Waals surface area contributed by atoms with E-state index in [-0.39, 0.29) is 30.5 Å². The Morgan fingerprint density at radius 2 is 1.65 bits per heavy atom. The molecule has 1 aliphatic rings. The highest BCUT2D eigenvalue weighted by atomic mass is 16.5. The Morgan fingerprint density at radius 3 is 2.42 bits per heavy atom. The number of aromatic nitrogens is 1. The van der Waals surface area contributed by atoms with Crippen LogP contribution < -0.4 is 10.1 Å². The van der Waals surface area contributed by atoms with Crippen molar-refractivity contribution in [1.29, 1.82) is 0 Å². The third-order valence-corrected chi connectivity index (χ3v) is 6.89. The molecule has 0 fully saturated rings. The number of hydrogen-bond acceptors (Lipinski definition) is 6. The average molecular weight is 535 g/mol. The molecule has 0 bridgehead atoms. The minimum atomic E-state index is -0.278. The number of rotatable bonds is 10. The summed E-state index contributed by atoms with van der Waals surface area (Å²) >= 11 is 0. The lowest BCUT2D eigenvalue weighted by Crippen LogP contribution is -2.14. The van der Waals surface area contributed by atoms with Gasteiger partial charge in [0.05, 0.1) is 19.4 Å². The molecular weight excluding hydrogens is 504 g/mol. The second-order valence-corrected chi connectivity index (χ2v) is 9.66. The van der Waals surface area contributed by atoms with Gasteiger partial charge in [-0.25, -0.2) is 4.98 Å². The highest BCUT2D eigenvalue weighted by Crippen LogP contribution is 2.29. The van der Waals surface area contributed by atoms with E-state index in [1.807, 2.05) is 78.9 Å². The summed E-state index contributed by atoms with van der Waals surface area (Å²) in [4.78, 5) is 41.8. The number of benzene rings is 3. The van der Waals surface area contributed by atoms with Crippen LogP contribution in [0, 0.1) is 0 Å². The number of anilines is 1. The highest BCUT2D eigenvalue weighted by molar-refractivity contribution is 6.00. The first kappa shape index (κ1) is 26.8. The number of Topliss-reactive ketones (excluding diaryl/α,β-unsaturated/α-hetero) is 1. The molecule has 0 saturated heterocycles. The number of hydrogen-bond donors (Lipinski definition) is 1. The van der Waals surface area contributed by atoms with E-state index in [4.69, 9.17) is 9.47 Å². The Balaban J connectivity index is 1.31. The Kier molecular flexibility index (Phi) is 8.30. The number of ether oxygens (including phenoxy) is 2. The van der Waals surface area contributed by atoms with Gasteiger partial charge in [0.25, 0.3) is 0 Å². The lowest BCUT2D eigenvalue weighted by Gasteiger charge is -2.11. The molecule has 7 nitrogen and oxygen atoms in total. The van der Waals surface area contributed by atoms with Gasteiger partial charge in [0.1, 0.15) is 11.6 Å². The van der Waals surface area contributed by atoms with Gasteiger partial charge >= 0.3 is 5.97 Å². The molecular formula is C33H30N2O5. The molecule has 7 heteroatoms. The number of nitrogens with zero attached hydrogens (tertiary/aromatic N) is 1. The van der Waals surface area contributed by atoms with E-state index >= 15 is 0 Å². The molecule has 1 aliphatic heterocycles. The SMILES string of the molecule is COC(=O)CCc1ccc(-c2cc(NC(=O)CCC(=O)c3ccc4c(c3)CCO4)nc(-c3ccccc3)c2)cc1. The Hall–Kier alpha value is -4.78. The average Bonchev–Trinajstić information content (AvgIpc) is 3.47. The van der Waals surface area contributed by atoms with Gasteiger partial charge in [-0.1, -0.05) is 54.6 Å². The summed E-state index contributed by atoms with van der Waals surface area (Å²) in [6.45, 7) is 0.631. The van der Waals surface area contributed by atoms with Gasteiger partial charge in [-0.05, 0) is 59.0 Å². The quantitative estimate of drug-likeness (QED) is 0.196. The predicted octanol–water partition coefficient (Wildman–Crippen LogP) is 6.06. The summed E-state index contributed by atoms with van der Waals surface area (Å²) < 4.78 is 10.2. The maximum absolute atomic E-state index is 12.9. The lowest BCUT2D eigenvalue weighted by molar-refractivity contribution is -0.140. The number of carbonyl (C=O) groups is 3. The van der Waals surface area contributed by atoms with Crippen molar-refractivity contribution in [3.8, 4) is 28.1 Å². The first-order chi connectivity index (χ1) is 19.5. The molecule has 0 unspecified atom stereocenters. The van der Waals surface area contributed by atoms with Crippen LogP contribution in [0.25, 0.3) is 22.4 Å². The van der Waals surface area contributed by atoms with Crippen molar-refractivity contribution in [2.24, 2.45) is 0 Å². The number of amides is 1. The molecule has 202 valence electrons. The molecule has 4 aromatic rings. The van der Waals surface area contributed by atoms with Crippen molar-refractivity contribution in [3.63, 3.8) is 0 Å². The van der Waals surface area contributed by atoms with E-state index in [0.717, 1.165) is 45.7 Å². The topological polar surface area (TPSA) is 94.6 Å². The standard InChI is InChI=1S/C33H30N2O5/c1-39-33(38)16-9-22-7-10-23(11-8-22)27-20-28(24-5-3-2-4-6-24)34-31(21-27)35-32(37)15-13-29(36)25-12-14-30-26(19-25)17-18-40-30/h2-8,10-12,14,19-21H,9,13,15-18H2,1H3,(H,34,35,37). The first-order valence-electron chi connectivity index (χ1n) is 13.3. The molecule has 0 radical (unpaired) electrons. The lowest BCUT2D eigenvalue weighted by atomic mass is 10.0. The fourth-order valence-electron chi connectivity index (χ4n) is 4.67. The van der Waals surface area contributed by atoms with Gasteiger partial charge in [0.15, 0.2) is 5.78 Å². The number of fused-ring (bicyclic) bond motifs is 1. The molecule has 0 saturated carbocycles. The van der Waals surface area contributed by atoms with Gasteiger partial charge in [-0.3, -0.25) is 14.4 Å². The molecule has 3 aromatic carbocycles. The monoisotopic (exact) mass is 534 g/mol. The minimum Gasteiger partial charge on any atom is -0.493 e. The summed E-state index contributed by atoms with van der Waals surface area (Å²) in [6.07, 6.45) is 1.86. The fraction of sp³-hybridized carbons (Fsp3) is 0.212. The van der Waals surface area contributed by atoms with Gasteiger partial charge in [-0.2, -0.15) is 0 Å². The number of esters is 1. The summed E-state index contributed by atoms with van der Waals surface area (Å²) in [7, 11) is 1.39.